The number of esters is 1. The molecule has 142 valence electrons. The first-order valence-electron chi connectivity index (χ1n) is 9.52. The summed E-state index contributed by atoms with van der Waals surface area (Å²) in [6.07, 6.45) is 6.39. The lowest BCUT2D eigenvalue weighted by Gasteiger charge is -2.58. The topological polar surface area (TPSA) is 93.5 Å². The van der Waals surface area contributed by atoms with E-state index in [9.17, 15) is 14.7 Å². The third-order valence-corrected chi connectivity index (χ3v) is 6.22. The highest BCUT2D eigenvalue weighted by Crippen LogP contribution is 2.61. The minimum absolute atomic E-state index is 0.121. The van der Waals surface area contributed by atoms with Crippen LogP contribution < -0.4 is 5.32 Å². The van der Waals surface area contributed by atoms with Gasteiger partial charge in [-0.2, -0.15) is 5.10 Å². The van der Waals surface area contributed by atoms with Crippen molar-refractivity contribution in [2.75, 3.05) is 11.9 Å². The van der Waals surface area contributed by atoms with Gasteiger partial charge < -0.3 is 15.2 Å². The van der Waals surface area contributed by atoms with E-state index in [1.54, 1.807) is 16.9 Å². The molecule has 1 heterocycles. The van der Waals surface area contributed by atoms with Gasteiger partial charge in [0.2, 0.25) is 0 Å². The second kappa shape index (κ2) is 6.08. The molecule has 1 amide bonds. The fourth-order valence-electron chi connectivity index (χ4n) is 5.74. The number of carbonyl (C=O) groups is 2. The predicted molar refractivity (Wildman–Crippen MR) is 94.3 cm³/mol. The number of carbonyl (C=O) groups excluding carboxylic acids is 2. The van der Waals surface area contributed by atoms with E-state index >= 15 is 0 Å². The quantitative estimate of drug-likeness (QED) is 0.785. The molecule has 0 aliphatic heterocycles. The van der Waals surface area contributed by atoms with E-state index in [1.165, 1.54) is 0 Å². The summed E-state index contributed by atoms with van der Waals surface area (Å²) in [6.45, 7) is 3.64. The highest BCUT2D eigenvalue weighted by molar-refractivity contribution is 5.92. The first-order chi connectivity index (χ1) is 12.3. The van der Waals surface area contributed by atoms with Crippen molar-refractivity contribution in [3.05, 3.63) is 12.3 Å². The number of aromatic nitrogens is 2. The van der Waals surface area contributed by atoms with Crippen LogP contribution in [-0.4, -0.2) is 39.0 Å². The van der Waals surface area contributed by atoms with Gasteiger partial charge in [0.15, 0.2) is 6.61 Å². The first kappa shape index (κ1) is 17.5. The van der Waals surface area contributed by atoms with Crippen molar-refractivity contribution in [2.45, 2.75) is 64.0 Å². The molecular formula is C19H27N3O4. The molecule has 1 aromatic heterocycles. The number of nitrogens with zero attached hydrogens (tertiary/aromatic N) is 2. The molecule has 26 heavy (non-hydrogen) atoms. The van der Waals surface area contributed by atoms with Gasteiger partial charge in [0.25, 0.3) is 5.91 Å². The van der Waals surface area contributed by atoms with E-state index in [1.807, 2.05) is 13.8 Å². The molecule has 4 fully saturated rings. The van der Waals surface area contributed by atoms with Crippen LogP contribution in [-0.2, 0) is 14.3 Å². The summed E-state index contributed by atoms with van der Waals surface area (Å²) in [4.78, 5) is 25.0. The SMILES string of the molecule is CC(C)n1nccc1NC(=O)COC(=O)C12CC3CC(CC(O)(C3)C1)C2. The largest absolute Gasteiger partial charge is 0.455 e. The number of nitrogens with one attached hydrogen (secondary N) is 1. The van der Waals surface area contributed by atoms with Crippen LogP contribution >= 0.6 is 0 Å². The molecule has 0 saturated heterocycles. The Labute approximate surface area is 153 Å². The highest BCUT2D eigenvalue weighted by atomic mass is 16.5. The van der Waals surface area contributed by atoms with Crippen molar-refractivity contribution >= 4 is 17.7 Å². The molecule has 5 rings (SSSR count). The summed E-state index contributed by atoms with van der Waals surface area (Å²) in [5.74, 6) is 0.706. The normalized spacial score (nSPS) is 34.9. The van der Waals surface area contributed by atoms with Crippen molar-refractivity contribution in [2.24, 2.45) is 17.3 Å². The standard InChI is InChI=1S/C19H27N3O4/c1-12(2)22-15(3-4-20-22)21-16(23)10-26-17(24)18-6-13-5-14(7-18)9-19(25,8-13)11-18/h3-4,12-14,25H,5-11H2,1-2H3,(H,21,23). The fraction of sp³-hybridized carbons (Fsp3) is 0.737. The zero-order chi connectivity index (χ0) is 18.5. The summed E-state index contributed by atoms with van der Waals surface area (Å²) in [6, 6.07) is 1.84. The maximum atomic E-state index is 12.8. The molecule has 0 spiro atoms. The molecule has 2 atom stereocenters. The van der Waals surface area contributed by atoms with Gasteiger partial charge in [-0.3, -0.25) is 9.59 Å². The Hall–Kier alpha value is -1.89. The molecule has 7 nitrogen and oxygen atoms in total. The molecule has 4 aliphatic rings. The number of aliphatic hydroxyl groups is 1. The summed E-state index contributed by atoms with van der Waals surface area (Å²) < 4.78 is 7.09. The molecule has 2 N–H and O–H groups in total. The lowest BCUT2D eigenvalue weighted by molar-refractivity contribution is -0.196. The first-order valence-corrected chi connectivity index (χ1v) is 9.52. The van der Waals surface area contributed by atoms with Gasteiger partial charge in [0.05, 0.1) is 17.2 Å². The molecule has 4 saturated carbocycles. The minimum Gasteiger partial charge on any atom is -0.455 e. The highest BCUT2D eigenvalue weighted by Gasteiger charge is 2.60. The molecular weight excluding hydrogens is 334 g/mol. The van der Waals surface area contributed by atoms with Crippen molar-refractivity contribution in [1.82, 2.24) is 9.78 Å². The van der Waals surface area contributed by atoms with Gasteiger partial charge in [-0.25, -0.2) is 4.68 Å². The molecule has 2 unspecified atom stereocenters. The van der Waals surface area contributed by atoms with Crippen LogP contribution in [0, 0.1) is 17.3 Å². The van der Waals surface area contributed by atoms with Crippen molar-refractivity contribution in [3.8, 4) is 0 Å². The van der Waals surface area contributed by atoms with Crippen molar-refractivity contribution in [1.29, 1.82) is 0 Å². The smallest absolute Gasteiger partial charge is 0.312 e. The van der Waals surface area contributed by atoms with Gasteiger partial charge in [-0.05, 0) is 64.2 Å². The van der Waals surface area contributed by atoms with Gasteiger partial charge >= 0.3 is 5.97 Å². The van der Waals surface area contributed by atoms with Gasteiger partial charge in [-0.15, -0.1) is 0 Å². The maximum Gasteiger partial charge on any atom is 0.312 e. The molecule has 7 heteroatoms. The number of ether oxygens (including phenoxy) is 1. The van der Waals surface area contributed by atoms with Crippen LogP contribution in [0.2, 0.25) is 0 Å². The van der Waals surface area contributed by atoms with Crippen LogP contribution in [0.4, 0.5) is 5.82 Å². The summed E-state index contributed by atoms with van der Waals surface area (Å²) in [5, 5.41) is 17.7. The Morgan fingerprint density at radius 1 is 1.35 bits per heavy atom. The van der Waals surface area contributed by atoms with Crippen LogP contribution in [0.5, 0.6) is 0 Å². The molecule has 4 bridgehead atoms. The average molecular weight is 361 g/mol. The molecule has 1 aromatic rings. The summed E-state index contributed by atoms with van der Waals surface area (Å²) in [7, 11) is 0. The lowest BCUT2D eigenvalue weighted by Crippen LogP contribution is -2.58. The second-order valence-corrected chi connectivity index (χ2v) is 8.84. The van der Waals surface area contributed by atoms with Crippen LogP contribution in [0.25, 0.3) is 0 Å². The van der Waals surface area contributed by atoms with Gasteiger partial charge in [-0.1, -0.05) is 0 Å². The zero-order valence-corrected chi connectivity index (χ0v) is 15.4. The van der Waals surface area contributed by atoms with E-state index in [2.05, 4.69) is 10.4 Å². The Kier molecular flexibility index (Phi) is 4.10. The summed E-state index contributed by atoms with van der Waals surface area (Å²) in [5.41, 5.74) is -1.31. The number of amides is 1. The minimum atomic E-state index is -0.713. The van der Waals surface area contributed by atoms with E-state index in [4.69, 9.17) is 4.74 Å². The molecule has 0 radical (unpaired) electrons. The Morgan fingerprint density at radius 3 is 2.65 bits per heavy atom. The van der Waals surface area contributed by atoms with E-state index in [-0.39, 0.29) is 24.5 Å². The second-order valence-electron chi connectivity index (χ2n) is 8.84. The lowest BCUT2D eigenvalue weighted by atomic mass is 9.48. The monoisotopic (exact) mass is 361 g/mol. The number of rotatable bonds is 5. The van der Waals surface area contributed by atoms with Gasteiger partial charge in [0, 0.05) is 12.1 Å². The van der Waals surface area contributed by atoms with Crippen LogP contribution in [0.1, 0.15) is 58.4 Å². The molecule has 4 aliphatic carbocycles. The average Bonchev–Trinajstić information content (AvgIpc) is 2.98. The fourth-order valence-corrected chi connectivity index (χ4v) is 5.74. The van der Waals surface area contributed by atoms with E-state index in [0.29, 0.717) is 24.1 Å². The Morgan fingerprint density at radius 2 is 2.04 bits per heavy atom. The maximum absolute atomic E-state index is 12.8. The van der Waals surface area contributed by atoms with Crippen molar-refractivity contribution < 1.29 is 19.4 Å². The van der Waals surface area contributed by atoms with E-state index in [0.717, 1.165) is 32.1 Å². The summed E-state index contributed by atoms with van der Waals surface area (Å²) >= 11 is 0. The molecule has 0 aromatic carbocycles. The zero-order valence-electron chi connectivity index (χ0n) is 15.4. The van der Waals surface area contributed by atoms with Crippen LogP contribution in [0.15, 0.2) is 12.3 Å². The third-order valence-electron chi connectivity index (χ3n) is 6.22. The number of hydrogen-bond acceptors (Lipinski definition) is 5. The van der Waals surface area contributed by atoms with Gasteiger partial charge in [0.1, 0.15) is 5.82 Å². The predicted octanol–water partition coefficient (Wildman–Crippen LogP) is 2.28. The van der Waals surface area contributed by atoms with Crippen molar-refractivity contribution in [3.63, 3.8) is 0 Å². The number of hydrogen-bond donors (Lipinski definition) is 2. The Bertz CT molecular complexity index is 712. The van der Waals surface area contributed by atoms with E-state index < -0.39 is 11.0 Å². The van der Waals surface area contributed by atoms with Crippen LogP contribution in [0.3, 0.4) is 0 Å². The Balaban J connectivity index is 1.37. The third kappa shape index (κ3) is 3.02. The number of anilines is 1.